The number of carbonyl (C=O) groups is 1. The van der Waals surface area contributed by atoms with E-state index in [2.05, 4.69) is 20.8 Å². The standard InChI is InChI=1S/C15H22N4O/c1-3-14-13(6-9(2)18-19-14)15(20)17-12-7-10-4-5-11(8-12)16-10/h6,10-12,16H,3-5,7-8H2,1-2H3,(H,17,20). The summed E-state index contributed by atoms with van der Waals surface area (Å²) in [5.41, 5.74) is 2.26. The Morgan fingerprint density at radius 3 is 2.70 bits per heavy atom. The van der Waals surface area contributed by atoms with E-state index in [1.165, 1.54) is 12.8 Å². The van der Waals surface area contributed by atoms with Crippen LogP contribution in [0.15, 0.2) is 6.07 Å². The number of amides is 1. The van der Waals surface area contributed by atoms with E-state index in [1.807, 2.05) is 19.9 Å². The summed E-state index contributed by atoms with van der Waals surface area (Å²) in [4.78, 5) is 12.5. The van der Waals surface area contributed by atoms with E-state index in [1.54, 1.807) is 0 Å². The molecule has 2 aliphatic rings. The average Bonchev–Trinajstić information content (AvgIpc) is 2.78. The van der Waals surface area contributed by atoms with Gasteiger partial charge in [0.1, 0.15) is 0 Å². The molecule has 1 aromatic rings. The molecule has 3 rings (SSSR count). The SMILES string of the molecule is CCc1nnc(C)cc1C(=O)NC1CC2CCC(C1)N2. The van der Waals surface area contributed by atoms with E-state index in [9.17, 15) is 4.79 Å². The summed E-state index contributed by atoms with van der Waals surface area (Å²) in [7, 11) is 0. The molecular weight excluding hydrogens is 252 g/mol. The molecule has 5 nitrogen and oxygen atoms in total. The molecule has 0 aliphatic carbocycles. The number of rotatable bonds is 3. The van der Waals surface area contributed by atoms with E-state index < -0.39 is 0 Å². The van der Waals surface area contributed by atoms with Crippen molar-refractivity contribution in [2.24, 2.45) is 0 Å². The number of hydrogen-bond acceptors (Lipinski definition) is 4. The smallest absolute Gasteiger partial charge is 0.253 e. The first-order chi connectivity index (χ1) is 9.65. The maximum Gasteiger partial charge on any atom is 0.253 e. The second kappa shape index (κ2) is 5.48. The van der Waals surface area contributed by atoms with Crippen LogP contribution in [0.3, 0.4) is 0 Å². The van der Waals surface area contributed by atoms with E-state index in [-0.39, 0.29) is 5.91 Å². The largest absolute Gasteiger partial charge is 0.349 e. The molecule has 2 aliphatic heterocycles. The first kappa shape index (κ1) is 13.5. The number of nitrogens with zero attached hydrogens (tertiary/aromatic N) is 2. The van der Waals surface area contributed by atoms with Gasteiger partial charge >= 0.3 is 0 Å². The van der Waals surface area contributed by atoms with Crippen molar-refractivity contribution in [1.29, 1.82) is 0 Å². The normalized spacial score (nSPS) is 28.4. The average molecular weight is 274 g/mol. The Kier molecular flexibility index (Phi) is 3.70. The molecule has 0 saturated carbocycles. The molecule has 2 fully saturated rings. The lowest BCUT2D eigenvalue weighted by Crippen LogP contribution is -2.48. The van der Waals surface area contributed by atoms with Crippen LogP contribution in [-0.2, 0) is 6.42 Å². The topological polar surface area (TPSA) is 66.9 Å². The third-order valence-corrected chi connectivity index (χ3v) is 4.38. The fourth-order valence-corrected chi connectivity index (χ4v) is 3.41. The van der Waals surface area contributed by atoms with Crippen LogP contribution >= 0.6 is 0 Å². The third-order valence-electron chi connectivity index (χ3n) is 4.38. The predicted octanol–water partition coefficient (Wildman–Crippen LogP) is 1.36. The van der Waals surface area contributed by atoms with Gasteiger partial charge in [-0.15, -0.1) is 0 Å². The zero-order valence-corrected chi connectivity index (χ0v) is 12.1. The lowest BCUT2D eigenvalue weighted by molar-refractivity contribution is 0.0922. The highest BCUT2D eigenvalue weighted by Gasteiger charge is 2.34. The lowest BCUT2D eigenvalue weighted by atomic mass is 9.99. The highest BCUT2D eigenvalue weighted by Crippen LogP contribution is 2.27. The first-order valence-electron chi connectivity index (χ1n) is 7.55. The highest BCUT2D eigenvalue weighted by atomic mass is 16.1. The summed E-state index contributed by atoms with van der Waals surface area (Å²) in [6.07, 6.45) is 5.30. The van der Waals surface area contributed by atoms with Gasteiger partial charge in [0.05, 0.1) is 17.0 Å². The Bertz CT molecular complexity index is 505. The number of aryl methyl sites for hydroxylation is 2. The van der Waals surface area contributed by atoms with Crippen LogP contribution in [0.4, 0.5) is 0 Å². The van der Waals surface area contributed by atoms with Gasteiger partial charge in [-0.05, 0) is 45.1 Å². The Hall–Kier alpha value is -1.49. The van der Waals surface area contributed by atoms with Gasteiger partial charge in [0, 0.05) is 18.1 Å². The monoisotopic (exact) mass is 274 g/mol. The van der Waals surface area contributed by atoms with Crippen molar-refractivity contribution in [3.63, 3.8) is 0 Å². The molecule has 0 spiro atoms. The van der Waals surface area contributed by atoms with Crippen molar-refractivity contribution >= 4 is 5.91 Å². The van der Waals surface area contributed by atoms with Crippen LogP contribution in [0.2, 0.25) is 0 Å². The maximum atomic E-state index is 12.5. The highest BCUT2D eigenvalue weighted by molar-refractivity contribution is 5.95. The molecule has 0 aromatic carbocycles. The maximum absolute atomic E-state index is 12.5. The number of piperidine rings is 1. The minimum atomic E-state index is 0.00569. The summed E-state index contributed by atoms with van der Waals surface area (Å²) in [5, 5.41) is 14.9. The molecule has 0 radical (unpaired) electrons. The zero-order chi connectivity index (χ0) is 14.1. The third kappa shape index (κ3) is 2.68. The Morgan fingerprint density at radius 1 is 1.35 bits per heavy atom. The van der Waals surface area contributed by atoms with Crippen molar-refractivity contribution in [2.75, 3.05) is 0 Å². The van der Waals surface area contributed by atoms with Crippen LogP contribution in [0, 0.1) is 6.92 Å². The fourth-order valence-electron chi connectivity index (χ4n) is 3.41. The summed E-state index contributed by atoms with van der Waals surface area (Å²) in [6, 6.07) is 3.31. The molecule has 1 amide bonds. The summed E-state index contributed by atoms with van der Waals surface area (Å²) in [6.45, 7) is 3.87. The molecular formula is C15H22N4O. The second-order valence-electron chi connectivity index (χ2n) is 5.98. The fraction of sp³-hybridized carbons (Fsp3) is 0.667. The van der Waals surface area contributed by atoms with E-state index >= 15 is 0 Å². The summed E-state index contributed by atoms with van der Waals surface area (Å²) < 4.78 is 0. The molecule has 20 heavy (non-hydrogen) atoms. The van der Waals surface area contributed by atoms with Gasteiger partial charge in [-0.1, -0.05) is 6.92 Å². The summed E-state index contributed by atoms with van der Waals surface area (Å²) in [5.74, 6) is 0.00569. The Balaban J connectivity index is 1.71. The van der Waals surface area contributed by atoms with Crippen LogP contribution in [0.25, 0.3) is 0 Å². The van der Waals surface area contributed by atoms with Gasteiger partial charge in [0.2, 0.25) is 0 Å². The van der Waals surface area contributed by atoms with Crippen LogP contribution in [0.1, 0.15) is 54.4 Å². The van der Waals surface area contributed by atoms with Gasteiger partial charge in [-0.3, -0.25) is 4.79 Å². The van der Waals surface area contributed by atoms with E-state index in [0.29, 0.717) is 23.7 Å². The second-order valence-corrected chi connectivity index (χ2v) is 5.98. The quantitative estimate of drug-likeness (QED) is 0.873. The minimum Gasteiger partial charge on any atom is -0.349 e. The number of fused-ring (bicyclic) bond motifs is 2. The minimum absolute atomic E-state index is 0.00569. The Labute approximate surface area is 119 Å². The van der Waals surface area contributed by atoms with Crippen molar-refractivity contribution in [3.05, 3.63) is 23.0 Å². The van der Waals surface area contributed by atoms with Gasteiger partial charge in [0.15, 0.2) is 0 Å². The molecule has 2 saturated heterocycles. The van der Waals surface area contributed by atoms with Gasteiger partial charge < -0.3 is 10.6 Å². The summed E-state index contributed by atoms with van der Waals surface area (Å²) >= 11 is 0. The first-order valence-corrected chi connectivity index (χ1v) is 7.55. The molecule has 2 atom stereocenters. The predicted molar refractivity (Wildman–Crippen MR) is 76.6 cm³/mol. The molecule has 108 valence electrons. The van der Waals surface area contributed by atoms with Crippen molar-refractivity contribution in [2.45, 2.75) is 64.1 Å². The molecule has 1 aromatic heterocycles. The van der Waals surface area contributed by atoms with Crippen molar-refractivity contribution in [1.82, 2.24) is 20.8 Å². The van der Waals surface area contributed by atoms with Gasteiger partial charge in [-0.25, -0.2) is 0 Å². The Morgan fingerprint density at radius 2 is 2.05 bits per heavy atom. The van der Waals surface area contributed by atoms with E-state index in [0.717, 1.165) is 30.7 Å². The number of aromatic nitrogens is 2. The molecule has 5 heteroatoms. The van der Waals surface area contributed by atoms with Crippen molar-refractivity contribution < 1.29 is 4.79 Å². The van der Waals surface area contributed by atoms with Crippen LogP contribution in [0.5, 0.6) is 0 Å². The van der Waals surface area contributed by atoms with Crippen LogP contribution in [-0.4, -0.2) is 34.2 Å². The molecule has 2 unspecified atom stereocenters. The molecule has 2 N–H and O–H groups in total. The van der Waals surface area contributed by atoms with E-state index in [4.69, 9.17) is 0 Å². The molecule has 2 bridgehead atoms. The number of carbonyl (C=O) groups excluding carboxylic acids is 1. The van der Waals surface area contributed by atoms with Gasteiger partial charge in [0.25, 0.3) is 5.91 Å². The van der Waals surface area contributed by atoms with Crippen LogP contribution < -0.4 is 10.6 Å². The molecule has 3 heterocycles. The zero-order valence-electron chi connectivity index (χ0n) is 12.1. The number of nitrogens with one attached hydrogen (secondary N) is 2. The van der Waals surface area contributed by atoms with Gasteiger partial charge in [-0.2, -0.15) is 10.2 Å². The number of hydrogen-bond donors (Lipinski definition) is 2. The van der Waals surface area contributed by atoms with Crippen molar-refractivity contribution in [3.8, 4) is 0 Å². The lowest BCUT2D eigenvalue weighted by Gasteiger charge is -2.29.